The molecule has 1 aromatic heterocycles. The van der Waals surface area contributed by atoms with Gasteiger partial charge in [-0.3, -0.25) is 4.79 Å². The van der Waals surface area contributed by atoms with Crippen molar-refractivity contribution in [1.82, 2.24) is 4.98 Å². The first-order valence-corrected chi connectivity index (χ1v) is 7.49. The number of carbonyl (C=O) groups excluding carboxylic acids is 1. The summed E-state index contributed by atoms with van der Waals surface area (Å²) in [5.74, 6) is -0.0891. The fraction of sp³-hybridized carbons (Fsp3) is 0.438. The Bertz CT molecular complexity index is 577. The Kier molecular flexibility index (Phi) is 5.48. The summed E-state index contributed by atoms with van der Waals surface area (Å²) in [6.07, 6.45) is 6.16. The van der Waals surface area contributed by atoms with E-state index in [1.807, 2.05) is 24.4 Å². The highest BCUT2D eigenvalue weighted by molar-refractivity contribution is 6.31. The van der Waals surface area contributed by atoms with Crippen LogP contribution in [0.2, 0.25) is 5.02 Å². The molecule has 0 amide bonds. The number of fused-ring (bicyclic) bond motifs is 1. The topological polar surface area (TPSA) is 42.1 Å². The van der Waals surface area contributed by atoms with Gasteiger partial charge in [-0.2, -0.15) is 0 Å². The second-order valence-corrected chi connectivity index (χ2v) is 5.37. The summed E-state index contributed by atoms with van der Waals surface area (Å²) in [7, 11) is 0. The third-order valence-electron chi connectivity index (χ3n) is 3.32. The summed E-state index contributed by atoms with van der Waals surface area (Å²) in [4.78, 5) is 14.6. The van der Waals surface area contributed by atoms with Crippen LogP contribution < -0.4 is 0 Å². The van der Waals surface area contributed by atoms with E-state index in [4.69, 9.17) is 16.3 Å². The molecule has 108 valence electrons. The zero-order chi connectivity index (χ0) is 14.4. The molecule has 0 bridgehead atoms. The van der Waals surface area contributed by atoms with Crippen LogP contribution in [0.5, 0.6) is 0 Å². The first-order valence-electron chi connectivity index (χ1n) is 7.12. The number of aromatic amines is 1. The lowest BCUT2D eigenvalue weighted by atomic mass is 10.1. The van der Waals surface area contributed by atoms with Crippen LogP contribution in [0, 0.1) is 0 Å². The number of aromatic nitrogens is 1. The molecule has 1 aromatic carbocycles. The number of H-pyrrole nitrogens is 1. The number of aryl methyl sites for hydroxylation is 1. The normalized spacial score (nSPS) is 10.9. The number of esters is 1. The number of halogens is 1. The van der Waals surface area contributed by atoms with E-state index in [2.05, 4.69) is 11.9 Å². The molecule has 3 nitrogen and oxygen atoms in total. The van der Waals surface area contributed by atoms with Gasteiger partial charge < -0.3 is 9.72 Å². The minimum Gasteiger partial charge on any atom is -0.466 e. The Morgan fingerprint density at radius 3 is 3.00 bits per heavy atom. The molecule has 0 atom stereocenters. The van der Waals surface area contributed by atoms with E-state index < -0.39 is 0 Å². The SMILES string of the molecule is CCCCC(=O)OCCCc1c[nH]c2ccc(Cl)cc12. The second kappa shape index (κ2) is 7.34. The van der Waals surface area contributed by atoms with Gasteiger partial charge in [-0.05, 0) is 43.0 Å². The van der Waals surface area contributed by atoms with Crippen LogP contribution in [0.15, 0.2) is 24.4 Å². The molecule has 0 radical (unpaired) electrons. The highest BCUT2D eigenvalue weighted by Crippen LogP contribution is 2.23. The van der Waals surface area contributed by atoms with E-state index in [0.717, 1.165) is 41.6 Å². The molecule has 2 rings (SSSR count). The van der Waals surface area contributed by atoms with Crippen molar-refractivity contribution >= 4 is 28.5 Å². The van der Waals surface area contributed by atoms with Gasteiger partial charge in [0, 0.05) is 28.5 Å². The van der Waals surface area contributed by atoms with Crippen molar-refractivity contribution in [3.05, 3.63) is 35.0 Å². The number of unbranched alkanes of at least 4 members (excludes halogenated alkanes) is 1. The molecule has 0 unspecified atom stereocenters. The fourth-order valence-corrected chi connectivity index (χ4v) is 2.37. The van der Waals surface area contributed by atoms with Crippen LogP contribution >= 0.6 is 11.6 Å². The van der Waals surface area contributed by atoms with E-state index in [9.17, 15) is 4.79 Å². The lowest BCUT2D eigenvalue weighted by Crippen LogP contribution is -2.06. The van der Waals surface area contributed by atoms with Gasteiger partial charge >= 0.3 is 5.97 Å². The Hall–Kier alpha value is -1.48. The minimum atomic E-state index is -0.0891. The number of benzene rings is 1. The van der Waals surface area contributed by atoms with Gasteiger partial charge in [0.25, 0.3) is 0 Å². The Morgan fingerprint density at radius 2 is 2.20 bits per heavy atom. The van der Waals surface area contributed by atoms with Crippen molar-refractivity contribution in [3.8, 4) is 0 Å². The monoisotopic (exact) mass is 293 g/mol. The Morgan fingerprint density at radius 1 is 1.35 bits per heavy atom. The van der Waals surface area contributed by atoms with Crippen molar-refractivity contribution in [3.63, 3.8) is 0 Å². The van der Waals surface area contributed by atoms with Crippen molar-refractivity contribution in [2.24, 2.45) is 0 Å². The van der Waals surface area contributed by atoms with Crippen molar-refractivity contribution < 1.29 is 9.53 Å². The fourth-order valence-electron chi connectivity index (χ4n) is 2.20. The molecule has 0 aliphatic heterocycles. The van der Waals surface area contributed by atoms with E-state index in [-0.39, 0.29) is 5.97 Å². The van der Waals surface area contributed by atoms with Crippen LogP contribution in [0.1, 0.15) is 38.2 Å². The molecule has 4 heteroatoms. The average Bonchev–Trinajstić information content (AvgIpc) is 2.83. The third-order valence-corrected chi connectivity index (χ3v) is 3.55. The molecule has 0 saturated carbocycles. The summed E-state index contributed by atoms with van der Waals surface area (Å²) in [5, 5.41) is 1.89. The van der Waals surface area contributed by atoms with Gasteiger partial charge in [-0.25, -0.2) is 0 Å². The molecule has 0 aliphatic rings. The smallest absolute Gasteiger partial charge is 0.305 e. The molecular formula is C16H20ClNO2. The molecule has 0 saturated heterocycles. The van der Waals surface area contributed by atoms with Gasteiger partial charge in [0.15, 0.2) is 0 Å². The zero-order valence-corrected chi connectivity index (χ0v) is 12.5. The van der Waals surface area contributed by atoms with Gasteiger partial charge in [0.2, 0.25) is 0 Å². The molecule has 0 spiro atoms. The van der Waals surface area contributed by atoms with Crippen LogP contribution in [-0.4, -0.2) is 17.6 Å². The molecule has 2 aromatic rings. The first kappa shape index (κ1) is 14.9. The Balaban J connectivity index is 1.81. The van der Waals surface area contributed by atoms with Crippen molar-refractivity contribution in [1.29, 1.82) is 0 Å². The predicted octanol–water partition coefficient (Wildman–Crippen LogP) is 4.49. The van der Waals surface area contributed by atoms with E-state index in [1.54, 1.807) is 0 Å². The average molecular weight is 294 g/mol. The van der Waals surface area contributed by atoms with Gasteiger partial charge in [-0.15, -0.1) is 0 Å². The maximum atomic E-state index is 11.4. The minimum absolute atomic E-state index is 0.0891. The third kappa shape index (κ3) is 4.01. The zero-order valence-electron chi connectivity index (χ0n) is 11.7. The van der Waals surface area contributed by atoms with Crippen molar-refractivity contribution in [2.45, 2.75) is 39.0 Å². The Labute approximate surface area is 124 Å². The molecule has 1 heterocycles. The van der Waals surface area contributed by atoms with Crippen LogP contribution in [-0.2, 0) is 16.0 Å². The summed E-state index contributed by atoms with van der Waals surface area (Å²) in [5.41, 5.74) is 2.30. The van der Waals surface area contributed by atoms with Gasteiger partial charge in [0.1, 0.15) is 0 Å². The predicted molar refractivity (Wildman–Crippen MR) is 82.1 cm³/mol. The second-order valence-electron chi connectivity index (χ2n) is 4.93. The number of hydrogen-bond acceptors (Lipinski definition) is 2. The molecule has 1 N–H and O–H groups in total. The van der Waals surface area contributed by atoms with E-state index >= 15 is 0 Å². The lowest BCUT2D eigenvalue weighted by Gasteiger charge is -2.04. The molecule has 0 aliphatic carbocycles. The van der Waals surface area contributed by atoms with Crippen LogP contribution in [0.4, 0.5) is 0 Å². The molecular weight excluding hydrogens is 274 g/mol. The lowest BCUT2D eigenvalue weighted by molar-refractivity contribution is -0.143. The van der Waals surface area contributed by atoms with Crippen LogP contribution in [0.25, 0.3) is 10.9 Å². The number of nitrogens with one attached hydrogen (secondary N) is 1. The van der Waals surface area contributed by atoms with E-state index in [1.165, 1.54) is 5.56 Å². The standard InChI is InChI=1S/C16H20ClNO2/c1-2-3-6-16(19)20-9-4-5-12-11-18-15-8-7-13(17)10-14(12)15/h7-8,10-11,18H,2-6,9H2,1H3. The summed E-state index contributed by atoms with van der Waals surface area (Å²) in [6, 6.07) is 5.82. The maximum absolute atomic E-state index is 11.4. The largest absolute Gasteiger partial charge is 0.466 e. The summed E-state index contributed by atoms with van der Waals surface area (Å²) < 4.78 is 5.20. The first-order chi connectivity index (χ1) is 9.70. The van der Waals surface area contributed by atoms with Gasteiger partial charge in [0.05, 0.1) is 6.61 Å². The quantitative estimate of drug-likeness (QED) is 0.604. The van der Waals surface area contributed by atoms with Crippen molar-refractivity contribution in [2.75, 3.05) is 6.61 Å². The van der Waals surface area contributed by atoms with Gasteiger partial charge in [-0.1, -0.05) is 24.9 Å². The number of rotatable bonds is 7. The molecule has 20 heavy (non-hydrogen) atoms. The van der Waals surface area contributed by atoms with Crippen LogP contribution in [0.3, 0.4) is 0 Å². The number of carbonyl (C=O) groups is 1. The van der Waals surface area contributed by atoms with E-state index in [0.29, 0.717) is 13.0 Å². The summed E-state index contributed by atoms with van der Waals surface area (Å²) in [6.45, 7) is 2.55. The highest BCUT2D eigenvalue weighted by Gasteiger charge is 2.05. The maximum Gasteiger partial charge on any atom is 0.305 e. The summed E-state index contributed by atoms with van der Waals surface area (Å²) >= 11 is 6.02. The number of ether oxygens (including phenoxy) is 1. The number of hydrogen-bond donors (Lipinski definition) is 1. The highest BCUT2D eigenvalue weighted by atomic mass is 35.5. The molecule has 0 fully saturated rings.